The van der Waals surface area contributed by atoms with Crippen LogP contribution in [0.4, 0.5) is 0 Å². The molecule has 1 heterocycles. The van der Waals surface area contributed by atoms with Gasteiger partial charge in [-0.25, -0.2) is 4.98 Å². The third kappa shape index (κ3) is 4.07. The van der Waals surface area contributed by atoms with Crippen LogP contribution < -0.4 is 4.74 Å². The van der Waals surface area contributed by atoms with Gasteiger partial charge in [-0.2, -0.15) is 0 Å². The Balaban J connectivity index is 1.99. The molecule has 97 valence electrons. The molecule has 3 nitrogen and oxygen atoms in total. The second-order valence-corrected chi connectivity index (χ2v) is 4.58. The Morgan fingerprint density at radius 3 is 2.58 bits per heavy atom. The molecule has 0 aliphatic heterocycles. The molecule has 1 aromatic heterocycles. The van der Waals surface area contributed by atoms with E-state index >= 15 is 0 Å². The van der Waals surface area contributed by atoms with Crippen molar-refractivity contribution in [1.29, 1.82) is 0 Å². The van der Waals surface area contributed by atoms with Crippen molar-refractivity contribution >= 4 is 17.9 Å². The minimum atomic E-state index is 0.305. The average molecular weight is 275 g/mol. The second kappa shape index (κ2) is 6.34. The monoisotopic (exact) mass is 274 g/mol. The molecule has 1 aromatic carbocycles. The summed E-state index contributed by atoms with van der Waals surface area (Å²) < 4.78 is 5.65. The number of carbonyl (C=O) groups excluding carboxylic acids is 1. The molecule has 0 aliphatic rings. The number of pyridine rings is 1. The van der Waals surface area contributed by atoms with Gasteiger partial charge in [0.05, 0.1) is 0 Å². The standard InChI is InChI=1S/C15H13ClNO2/c1-11-8-13(9-15(16)17-11)10-19-14-4-2-12(3-5-14)6-7-18/h2-5,8-9H,6,10H2,1H3. The third-order valence-electron chi connectivity index (χ3n) is 2.59. The summed E-state index contributed by atoms with van der Waals surface area (Å²) in [6.45, 7) is 2.32. The van der Waals surface area contributed by atoms with Crippen LogP contribution in [0.3, 0.4) is 0 Å². The van der Waals surface area contributed by atoms with Gasteiger partial charge in [-0.3, -0.25) is 4.79 Å². The maximum Gasteiger partial charge on any atom is 0.203 e. The summed E-state index contributed by atoms with van der Waals surface area (Å²) in [5, 5.41) is 0.468. The SMILES string of the molecule is Cc1cc(COc2ccc(C[C]=O)cc2)cc(Cl)n1. The zero-order valence-electron chi connectivity index (χ0n) is 10.5. The second-order valence-electron chi connectivity index (χ2n) is 4.19. The van der Waals surface area contributed by atoms with E-state index in [1.54, 1.807) is 6.07 Å². The Bertz CT molecular complexity index is 547. The van der Waals surface area contributed by atoms with Crippen molar-refractivity contribution in [2.75, 3.05) is 0 Å². The first-order chi connectivity index (χ1) is 9.17. The van der Waals surface area contributed by atoms with Crippen LogP contribution in [-0.4, -0.2) is 11.3 Å². The summed E-state index contributed by atoms with van der Waals surface area (Å²) in [5.74, 6) is 0.750. The van der Waals surface area contributed by atoms with E-state index < -0.39 is 0 Å². The minimum Gasteiger partial charge on any atom is -0.489 e. The number of benzene rings is 1. The van der Waals surface area contributed by atoms with Gasteiger partial charge in [0.25, 0.3) is 0 Å². The lowest BCUT2D eigenvalue weighted by molar-refractivity contribution is 0.306. The molecule has 4 heteroatoms. The fraction of sp³-hybridized carbons (Fsp3) is 0.200. The summed E-state index contributed by atoms with van der Waals surface area (Å²) in [7, 11) is 0. The van der Waals surface area contributed by atoms with Crippen LogP contribution in [0.15, 0.2) is 36.4 Å². The summed E-state index contributed by atoms with van der Waals surface area (Å²) in [5.41, 5.74) is 2.76. The average Bonchev–Trinajstić information content (AvgIpc) is 2.37. The lowest BCUT2D eigenvalue weighted by Gasteiger charge is -2.07. The Morgan fingerprint density at radius 2 is 1.95 bits per heavy atom. The lowest BCUT2D eigenvalue weighted by Crippen LogP contribution is -1.97. The molecule has 0 saturated carbocycles. The van der Waals surface area contributed by atoms with Crippen molar-refractivity contribution in [1.82, 2.24) is 4.98 Å². The fourth-order valence-corrected chi connectivity index (χ4v) is 2.01. The number of hydrogen-bond acceptors (Lipinski definition) is 3. The van der Waals surface area contributed by atoms with Crippen LogP contribution in [0, 0.1) is 6.92 Å². The van der Waals surface area contributed by atoms with Gasteiger partial charge < -0.3 is 4.74 Å². The topological polar surface area (TPSA) is 39.2 Å². The molecule has 0 N–H and O–H groups in total. The number of rotatable bonds is 5. The van der Waals surface area contributed by atoms with Crippen molar-refractivity contribution in [3.63, 3.8) is 0 Å². The van der Waals surface area contributed by atoms with Crippen LogP contribution in [0.2, 0.25) is 5.15 Å². The first-order valence-electron chi connectivity index (χ1n) is 5.87. The number of halogens is 1. The molecule has 0 bridgehead atoms. The number of aromatic nitrogens is 1. The Hall–Kier alpha value is -1.87. The molecule has 0 aliphatic carbocycles. The smallest absolute Gasteiger partial charge is 0.203 e. The predicted molar refractivity (Wildman–Crippen MR) is 74.2 cm³/mol. The molecule has 0 unspecified atom stereocenters. The van der Waals surface area contributed by atoms with Crippen molar-refractivity contribution in [2.45, 2.75) is 20.0 Å². The first kappa shape index (κ1) is 13.6. The van der Waals surface area contributed by atoms with Crippen LogP contribution >= 0.6 is 11.6 Å². The summed E-state index contributed by atoms with van der Waals surface area (Å²) in [4.78, 5) is 14.4. The molecule has 19 heavy (non-hydrogen) atoms. The molecule has 0 amide bonds. The Labute approximate surface area is 117 Å². The van der Waals surface area contributed by atoms with Crippen LogP contribution in [-0.2, 0) is 17.8 Å². The Kier molecular flexibility index (Phi) is 4.53. The highest BCUT2D eigenvalue weighted by Gasteiger charge is 2.00. The predicted octanol–water partition coefficient (Wildman–Crippen LogP) is 3.27. The zero-order valence-corrected chi connectivity index (χ0v) is 11.3. The molecule has 2 aromatic rings. The first-order valence-corrected chi connectivity index (χ1v) is 6.25. The van der Waals surface area contributed by atoms with Gasteiger partial charge >= 0.3 is 0 Å². The highest BCUT2D eigenvalue weighted by atomic mass is 35.5. The van der Waals surface area contributed by atoms with E-state index in [9.17, 15) is 4.79 Å². The molecule has 0 fully saturated rings. The number of ether oxygens (including phenoxy) is 1. The van der Waals surface area contributed by atoms with Gasteiger partial charge in [-0.05, 0) is 42.3 Å². The number of hydrogen-bond donors (Lipinski definition) is 0. The molecule has 2 rings (SSSR count). The third-order valence-corrected chi connectivity index (χ3v) is 2.78. The number of aryl methyl sites for hydroxylation is 1. The molecule has 1 radical (unpaired) electrons. The van der Waals surface area contributed by atoms with E-state index in [1.807, 2.05) is 43.5 Å². The maximum absolute atomic E-state index is 10.3. The van der Waals surface area contributed by atoms with E-state index in [4.69, 9.17) is 16.3 Å². The summed E-state index contributed by atoms with van der Waals surface area (Å²) in [6, 6.07) is 11.1. The highest BCUT2D eigenvalue weighted by molar-refractivity contribution is 6.29. The van der Waals surface area contributed by atoms with Crippen molar-refractivity contribution < 1.29 is 9.53 Å². The van der Waals surface area contributed by atoms with E-state index in [2.05, 4.69) is 4.98 Å². The molecular weight excluding hydrogens is 262 g/mol. The van der Waals surface area contributed by atoms with E-state index in [0.717, 1.165) is 22.6 Å². The van der Waals surface area contributed by atoms with Gasteiger partial charge in [0.15, 0.2) is 0 Å². The molecular formula is C15H13ClNO2. The van der Waals surface area contributed by atoms with E-state index in [-0.39, 0.29) is 0 Å². The summed E-state index contributed by atoms with van der Waals surface area (Å²) >= 11 is 5.88. The van der Waals surface area contributed by atoms with Crippen molar-refractivity contribution in [2.24, 2.45) is 0 Å². The van der Waals surface area contributed by atoms with Gasteiger partial charge in [-0.15, -0.1) is 0 Å². The van der Waals surface area contributed by atoms with E-state index in [1.165, 1.54) is 0 Å². The fourth-order valence-electron chi connectivity index (χ4n) is 1.73. The van der Waals surface area contributed by atoms with Gasteiger partial charge in [0, 0.05) is 12.1 Å². The van der Waals surface area contributed by atoms with Gasteiger partial charge in [0.2, 0.25) is 6.29 Å². The minimum absolute atomic E-state index is 0.305. The van der Waals surface area contributed by atoms with Gasteiger partial charge in [-0.1, -0.05) is 23.7 Å². The van der Waals surface area contributed by atoms with Gasteiger partial charge in [0.1, 0.15) is 17.5 Å². The Morgan fingerprint density at radius 1 is 1.21 bits per heavy atom. The largest absolute Gasteiger partial charge is 0.489 e. The number of nitrogens with zero attached hydrogens (tertiary/aromatic N) is 1. The summed E-state index contributed by atoms with van der Waals surface area (Å²) in [6.07, 6.45) is 2.17. The van der Waals surface area contributed by atoms with Crippen LogP contribution in [0.1, 0.15) is 16.8 Å². The van der Waals surface area contributed by atoms with E-state index in [0.29, 0.717) is 18.2 Å². The van der Waals surface area contributed by atoms with Crippen molar-refractivity contribution in [3.8, 4) is 5.75 Å². The normalized spacial score (nSPS) is 10.2. The quantitative estimate of drug-likeness (QED) is 0.786. The molecule has 0 spiro atoms. The zero-order chi connectivity index (χ0) is 13.7. The highest BCUT2D eigenvalue weighted by Crippen LogP contribution is 2.16. The molecule has 0 saturated heterocycles. The molecule has 0 atom stereocenters. The lowest BCUT2D eigenvalue weighted by atomic mass is 10.2. The van der Waals surface area contributed by atoms with Crippen molar-refractivity contribution in [3.05, 3.63) is 58.4 Å². The van der Waals surface area contributed by atoms with Crippen LogP contribution in [0.5, 0.6) is 5.75 Å². The van der Waals surface area contributed by atoms with Crippen LogP contribution in [0.25, 0.3) is 0 Å². The maximum atomic E-state index is 10.3.